The summed E-state index contributed by atoms with van der Waals surface area (Å²) in [5.41, 5.74) is 1.39. The van der Waals surface area contributed by atoms with E-state index >= 15 is 0 Å². The molecule has 1 aromatic carbocycles. The molecule has 6 heteroatoms. The molecule has 17 heavy (non-hydrogen) atoms. The Bertz CT molecular complexity index is 394. The third-order valence-electron chi connectivity index (χ3n) is 2.31. The van der Waals surface area contributed by atoms with Crippen LogP contribution in [0, 0.1) is 10.1 Å². The summed E-state index contributed by atoms with van der Waals surface area (Å²) in [6, 6.07) is 4.73. The van der Waals surface area contributed by atoms with Crippen molar-refractivity contribution in [1.29, 1.82) is 0 Å². The monoisotopic (exact) mass is 239 g/mol. The first-order chi connectivity index (χ1) is 8.02. The third-order valence-corrected chi connectivity index (χ3v) is 2.31. The lowest BCUT2D eigenvalue weighted by Gasteiger charge is -2.09. The van der Waals surface area contributed by atoms with Crippen molar-refractivity contribution in [3.05, 3.63) is 28.3 Å². The van der Waals surface area contributed by atoms with Crippen molar-refractivity contribution >= 4 is 17.1 Å². The summed E-state index contributed by atoms with van der Waals surface area (Å²) >= 11 is 0. The summed E-state index contributed by atoms with van der Waals surface area (Å²) in [7, 11) is 1.71. The highest BCUT2D eigenvalue weighted by molar-refractivity contribution is 5.63. The maximum absolute atomic E-state index is 10.7. The zero-order chi connectivity index (χ0) is 12.8. The van der Waals surface area contributed by atoms with E-state index in [4.69, 9.17) is 5.11 Å². The lowest BCUT2D eigenvalue weighted by molar-refractivity contribution is -0.384. The normalized spacial score (nSPS) is 11.9. The number of rotatable bonds is 6. The van der Waals surface area contributed by atoms with E-state index in [0.717, 1.165) is 0 Å². The zero-order valence-electron chi connectivity index (χ0n) is 9.93. The van der Waals surface area contributed by atoms with Gasteiger partial charge in [-0.2, -0.15) is 0 Å². The number of anilines is 2. The van der Waals surface area contributed by atoms with E-state index in [1.165, 1.54) is 12.1 Å². The molecule has 1 rings (SSSR count). The molecule has 0 saturated heterocycles. The molecule has 0 spiro atoms. The standard InChI is InChI=1S/C11H17N3O3/c1-8(15)3-4-13-10-5-9(12-2)6-11(7-10)14(16)17/h5-8,12-13,15H,3-4H2,1-2H3. The highest BCUT2D eigenvalue weighted by Crippen LogP contribution is 2.23. The van der Waals surface area contributed by atoms with Gasteiger partial charge in [-0.05, 0) is 19.4 Å². The summed E-state index contributed by atoms with van der Waals surface area (Å²) in [5.74, 6) is 0. The molecule has 0 aliphatic heterocycles. The number of nitrogens with one attached hydrogen (secondary N) is 2. The Morgan fingerprint density at radius 3 is 2.59 bits per heavy atom. The second kappa shape index (κ2) is 6.05. The second-order valence-electron chi connectivity index (χ2n) is 3.84. The molecule has 1 aromatic rings. The van der Waals surface area contributed by atoms with Gasteiger partial charge >= 0.3 is 0 Å². The van der Waals surface area contributed by atoms with Gasteiger partial charge in [0.15, 0.2) is 0 Å². The van der Waals surface area contributed by atoms with Gasteiger partial charge in [0.1, 0.15) is 0 Å². The van der Waals surface area contributed by atoms with Crippen LogP contribution in [0.25, 0.3) is 0 Å². The zero-order valence-corrected chi connectivity index (χ0v) is 9.93. The number of benzene rings is 1. The van der Waals surface area contributed by atoms with E-state index in [1.54, 1.807) is 20.0 Å². The number of nitro groups is 1. The maximum atomic E-state index is 10.7. The smallest absolute Gasteiger partial charge is 0.273 e. The largest absolute Gasteiger partial charge is 0.393 e. The maximum Gasteiger partial charge on any atom is 0.273 e. The Morgan fingerprint density at radius 1 is 1.41 bits per heavy atom. The predicted octanol–water partition coefficient (Wildman–Crippen LogP) is 1.82. The van der Waals surface area contributed by atoms with Crippen LogP contribution in [0.3, 0.4) is 0 Å². The molecule has 0 radical (unpaired) electrons. The van der Waals surface area contributed by atoms with E-state index in [-0.39, 0.29) is 11.8 Å². The Morgan fingerprint density at radius 2 is 2.06 bits per heavy atom. The van der Waals surface area contributed by atoms with Gasteiger partial charge in [-0.25, -0.2) is 0 Å². The van der Waals surface area contributed by atoms with E-state index in [2.05, 4.69) is 10.6 Å². The first kappa shape index (κ1) is 13.2. The number of nitro benzene ring substituents is 1. The average Bonchev–Trinajstić information content (AvgIpc) is 2.28. The fourth-order valence-corrected chi connectivity index (χ4v) is 1.39. The quantitative estimate of drug-likeness (QED) is 0.520. The van der Waals surface area contributed by atoms with Crippen molar-refractivity contribution in [2.75, 3.05) is 24.2 Å². The summed E-state index contributed by atoms with van der Waals surface area (Å²) in [5, 5.41) is 25.7. The van der Waals surface area contributed by atoms with Gasteiger partial charge in [-0.1, -0.05) is 0 Å². The minimum absolute atomic E-state index is 0.0383. The van der Waals surface area contributed by atoms with Crippen LogP contribution in [-0.2, 0) is 0 Å². The fourth-order valence-electron chi connectivity index (χ4n) is 1.39. The Kier molecular flexibility index (Phi) is 4.71. The SMILES string of the molecule is CNc1cc(NCCC(C)O)cc([N+](=O)[O-])c1. The predicted molar refractivity (Wildman–Crippen MR) is 67.4 cm³/mol. The number of hydrogen-bond donors (Lipinski definition) is 3. The minimum atomic E-state index is -0.430. The Hall–Kier alpha value is -1.82. The molecule has 1 unspecified atom stereocenters. The van der Waals surface area contributed by atoms with Gasteiger partial charge in [0.05, 0.1) is 11.0 Å². The molecular weight excluding hydrogens is 222 g/mol. The van der Waals surface area contributed by atoms with Crippen LogP contribution in [0.4, 0.5) is 17.1 Å². The number of aliphatic hydroxyl groups excluding tert-OH is 1. The van der Waals surface area contributed by atoms with E-state index in [1.807, 2.05) is 0 Å². The molecule has 0 aliphatic carbocycles. The average molecular weight is 239 g/mol. The van der Waals surface area contributed by atoms with Gasteiger partial charge in [0, 0.05) is 37.1 Å². The summed E-state index contributed by atoms with van der Waals surface area (Å²) in [4.78, 5) is 10.3. The highest BCUT2D eigenvalue weighted by Gasteiger charge is 2.09. The van der Waals surface area contributed by atoms with Gasteiger partial charge in [0.25, 0.3) is 5.69 Å². The first-order valence-corrected chi connectivity index (χ1v) is 5.42. The number of non-ortho nitro benzene ring substituents is 1. The van der Waals surface area contributed by atoms with Crippen molar-refractivity contribution < 1.29 is 10.0 Å². The van der Waals surface area contributed by atoms with Gasteiger partial charge in [0.2, 0.25) is 0 Å². The minimum Gasteiger partial charge on any atom is -0.393 e. The van der Waals surface area contributed by atoms with Crippen molar-refractivity contribution in [2.45, 2.75) is 19.4 Å². The van der Waals surface area contributed by atoms with E-state index < -0.39 is 4.92 Å². The van der Waals surface area contributed by atoms with Gasteiger partial charge in [-0.3, -0.25) is 10.1 Å². The second-order valence-corrected chi connectivity index (χ2v) is 3.84. The number of aliphatic hydroxyl groups is 1. The molecule has 0 aromatic heterocycles. The van der Waals surface area contributed by atoms with Crippen LogP contribution in [0.15, 0.2) is 18.2 Å². The molecular formula is C11H17N3O3. The van der Waals surface area contributed by atoms with Crippen LogP contribution in [0.1, 0.15) is 13.3 Å². The molecule has 0 fully saturated rings. The molecule has 1 atom stereocenters. The van der Waals surface area contributed by atoms with Crippen LogP contribution in [0.5, 0.6) is 0 Å². The molecule has 0 bridgehead atoms. The molecule has 0 amide bonds. The van der Waals surface area contributed by atoms with Crippen LogP contribution < -0.4 is 10.6 Å². The van der Waals surface area contributed by atoms with Crippen LogP contribution in [0.2, 0.25) is 0 Å². The van der Waals surface area contributed by atoms with Crippen molar-refractivity contribution in [3.8, 4) is 0 Å². The highest BCUT2D eigenvalue weighted by atomic mass is 16.6. The molecule has 0 heterocycles. The summed E-state index contributed by atoms with van der Waals surface area (Å²) in [6.45, 7) is 2.27. The number of nitrogens with zero attached hydrogens (tertiary/aromatic N) is 1. The van der Waals surface area contributed by atoms with Crippen molar-refractivity contribution in [1.82, 2.24) is 0 Å². The number of hydrogen-bond acceptors (Lipinski definition) is 5. The lowest BCUT2D eigenvalue weighted by Crippen LogP contribution is -2.10. The van der Waals surface area contributed by atoms with E-state index in [0.29, 0.717) is 24.3 Å². The van der Waals surface area contributed by atoms with Crippen LogP contribution in [-0.4, -0.2) is 29.7 Å². The molecule has 6 nitrogen and oxygen atoms in total. The molecule has 0 aliphatic rings. The van der Waals surface area contributed by atoms with Gasteiger partial charge < -0.3 is 15.7 Å². The Labute approximate surface area is 99.8 Å². The molecule has 3 N–H and O–H groups in total. The summed E-state index contributed by atoms with van der Waals surface area (Å²) in [6.07, 6.45) is 0.211. The van der Waals surface area contributed by atoms with Gasteiger partial charge in [-0.15, -0.1) is 0 Å². The lowest BCUT2D eigenvalue weighted by atomic mass is 10.2. The molecule has 0 saturated carbocycles. The summed E-state index contributed by atoms with van der Waals surface area (Å²) < 4.78 is 0. The van der Waals surface area contributed by atoms with Crippen molar-refractivity contribution in [2.24, 2.45) is 0 Å². The Balaban J connectivity index is 2.76. The van der Waals surface area contributed by atoms with Crippen LogP contribution >= 0.6 is 0 Å². The fraction of sp³-hybridized carbons (Fsp3) is 0.455. The first-order valence-electron chi connectivity index (χ1n) is 5.42. The van der Waals surface area contributed by atoms with Crippen molar-refractivity contribution in [3.63, 3.8) is 0 Å². The topological polar surface area (TPSA) is 87.4 Å². The van der Waals surface area contributed by atoms with E-state index in [9.17, 15) is 10.1 Å². The molecule has 94 valence electrons. The third kappa shape index (κ3) is 4.28.